The molecule has 2 aliphatic heterocycles. The summed E-state index contributed by atoms with van der Waals surface area (Å²) in [7, 11) is 0. The lowest BCUT2D eigenvalue weighted by molar-refractivity contribution is 0.243. The van der Waals surface area contributed by atoms with E-state index in [4.69, 9.17) is 0 Å². The van der Waals surface area contributed by atoms with E-state index >= 15 is 0 Å². The number of nitriles is 1. The Bertz CT molecular complexity index is 921. The lowest BCUT2D eigenvalue weighted by Gasteiger charge is -2.32. The average Bonchev–Trinajstić information content (AvgIpc) is 3.25. The van der Waals surface area contributed by atoms with Crippen molar-refractivity contribution in [2.75, 3.05) is 0 Å². The zero-order valence-electron chi connectivity index (χ0n) is 11.5. The van der Waals surface area contributed by atoms with Gasteiger partial charge in [0.05, 0.1) is 29.8 Å². The van der Waals surface area contributed by atoms with Gasteiger partial charge in [0.25, 0.3) is 0 Å². The van der Waals surface area contributed by atoms with Crippen LogP contribution < -0.4 is 11.4 Å². The molecule has 6 nitrogen and oxygen atoms in total. The zero-order chi connectivity index (χ0) is 15.0. The highest BCUT2D eigenvalue weighted by Crippen LogP contribution is 2.62. The molecule has 2 aromatic rings. The van der Waals surface area contributed by atoms with E-state index in [1.807, 2.05) is 18.2 Å². The molecule has 0 saturated heterocycles. The third-order valence-electron chi connectivity index (χ3n) is 5.16. The largest absolute Gasteiger partial charge is 0.352 e. The van der Waals surface area contributed by atoms with Crippen LogP contribution in [0.5, 0.6) is 0 Å². The Kier molecular flexibility index (Phi) is 1.98. The molecule has 4 unspecified atom stereocenters. The maximum Gasteiger partial charge on any atom is 0.352 e. The highest BCUT2D eigenvalue weighted by molar-refractivity contribution is 5.33. The van der Waals surface area contributed by atoms with Gasteiger partial charge >= 0.3 is 11.4 Å². The Balaban J connectivity index is 1.78. The number of benzene rings is 1. The van der Waals surface area contributed by atoms with Crippen LogP contribution in [0.2, 0.25) is 0 Å². The summed E-state index contributed by atoms with van der Waals surface area (Å²) in [6.07, 6.45) is 3.94. The fourth-order valence-corrected chi connectivity index (χ4v) is 4.20. The van der Waals surface area contributed by atoms with Gasteiger partial charge in [0.15, 0.2) is 0 Å². The van der Waals surface area contributed by atoms with E-state index in [0.29, 0.717) is 5.69 Å². The molecule has 0 N–H and O–H groups in total. The van der Waals surface area contributed by atoms with Crippen LogP contribution in [0.1, 0.15) is 12.1 Å². The number of hydrogen-bond donors (Lipinski definition) is 0. The van der Waals surface area contributed by atoms with Gasteiger partial charge in [-0.3, -0.25) is 0 Å². The first-order chi connectivity index (χ1) is 10.7. The van der Waals surface area contributed by atoms with E-state index in [-0.39, 0.29) is 41.2 Å². The first-order valence-corrected chi connectivity index (χ1v) is 7.33. The van der Waals surface area contributed by atoms with Crippen molar-refractivity contribution < 1.29 is 0 Å². The van der Waals surface area contributed by atoms with Crippen LogP contribution in [0.3, 0.4) is 0 Å². The van der Waals surface area contributed by atoms with Crippen LogP contribution in [0.25, 0.3) is 5.69 Å². The van der Waals surface area contributed by atoms with Crippen molar-refractivity contribution in [3.05, 3.63) is 63.5 Å². The molecule has 0 spiro atoms. The van der Waals surface area contributed by atoms with Crippen molar-refractivity contribution in [1.29, 1.82) is 5.26 Å². The van der Waals surface area contributed by atoms with Gasteiger partial charge in [-0.05, 0) is 12.1 Å². The van der Waals surface area contributed by atoms with Gasteiger partial charge in [0.1, 0.15) is 0 Å². The molecular formula is C16H12N4O2. The molecule has 1 aromatic carbocycles. The summed E-state index contributed by atoms with van der Waals surface area (Å²) in [4.78, 5) is 25.5. The molecule has 1 aromatic heterocycles. The second-order valence-corrected chi connectivity index (χ2v) is 6.10. The monoisotopic (exact) mass is 292 g/mol. The molecule has 6 rings (SSSR count). The molecule has 4 atom stereocenters. The van der Waals surface area contributed by atoms with Gasteiger partial charge in [-0.25, -0.2) is 23.5 Å². The van der Waals surface area contributed by atoms with Crippen molar-refractivity contribution >= 4 is 0 Å². The molecule has 2 aliphatic carbocycles. The Morgan fingerprint density at radius 1 is 0.909 bits per heavy atom. The maximum absolute atomic E-state index is 12.8. The van der Waals surface area contributed by atoms with E-state index < -0.39 is 0 Å². The van der Waals surface area contributed by atoms with E-state index in [9.17, 15) is 14.9 Å². The number of para-hydroxylation sites is 1. The number of allylic oxidation sites excluding steroid dienone is 2. The Labute approximate surface area is 125 Å². The quantitative estimate of drug-likeness (QED) is 0.732. The molecule has 0 amide bonds. The Morgan fingerprint density at radius 3 is 1.95 bits per heavy atom. The molecule has 1 saturated carbocycles. The van der Waals surface area contributed by atoms with E-state index in [0.717, 1.165) is 0 Å². The first kappa shape index (κ1) is 11.8. The summed E-state index contributed by atoms with van der Waals surface area (Å²) in [6.45, 7) is 0. The summed E-state index contributed by atoms with van der Waals surface area (Å²) in [6, 6.07) is 10.9. The lowest BCUT2D eigenvalue weighted by Crippen LogP contribution is -2.40. The fraction of sp³-hybridized carbons (Fsp3) is 0.312. The fourth-order valence-electron chi connectivity index (χ4n) is 4.20. The van der Waals surface area contributed by atoms with E-state index in [2.05, 4.69) is 6.07 Å². The molecule has 0 radical (unpaired) electrons. The summed E-state index contributed by atoms with van der Waals surface area (Å²) >= 11 is 0. The maximum atomic E-state index is 12.8. The number of rotatable bonds is 1. The van der Waals surface area contributed by atoms with Crippen LogP contribution in [0, 0.1) is 29.1 Å². The van der Waals surface area contributed by atoms with Crippen molar-refractivity contribution in [2.45, 2.75) is 12.1 Å². The predicted molar refractivity (Wildman–Crippen MR) is 77.6 cm³/mol. The van der Waals surface area contributed by atoms with Crippen LogP contribution in [0.15, 0.2) is 52.1 Å². The van der Waals surface area contributed by atoms with Crippen LogP contribution in [-0.4, -0.2) is 13.9 Å². The summed E-state index contributed by atoms with van der Waals surface area (Å²) in [5, 5.41) is 9.23. The van der Waals surface area contributed by atoms with Gasteiger partial charge in [-0.15, -0.1) is 0 Å². The summed E-state index contributed by atoms with van der Waals surface area (Å²) in [5.41, 5.74) is -0.0630. The molecule has 22 heavy (non-hydrogen) atoms. The van der Waals surface area contributed by atoms with E-state index in [1.165, 1.54) is 4.57 Å². The van der Waals surface area contributed by atoms with Crippen LogP contribution >= 0.6 is 0 Å². The summed E-state index contributed by atoms with van der Waals surface area (Å²) < 4.78 is 4.30. The number of nitrogens with zero attached hydrogens (tertiary/aromatic N) is 4. The average molecular weight is 292 g/mol. The minimum atomic E-state index is -0.322. The Morgan fingerprint density at radius 2 is 1.45 bits per heavy atom. The lowest BCUT2D eigenvalue weighted by atomic mass is 9.96. The van der Waals surface area contributed by atoms with Crippen molar-refractivity contribution in [1.82, 2.24) is 13.9 Å². The van der Waals surface area contributed by atoms with Gasteiger partial charge < -0.3 is 0 Å². The standard InChI is InChI=1S/C16H12N4O2/c17-8-10-13-11-6-7-12(14(10)13)20-16(22)18(15(21)19(11)20)9-4-2-1-3-5-9/h1-7,10-14H. The van der Waals surface area contributed by atoms with Crippen LogP contribution in [0.4, 0.5) is 0 Å². The first-order valence-electron chi connectivity index (χ1n) is 7.33. The predicted octanol–water partition coefficient (Wildman–Crippen LogP) is 0.852. The zero-order valence-corrected chi connectivity index (χ0v) is 11.5. The number of aromatic nitrogens is 3. The van der Waals surface area contributed by atoms with Gasteiger partial charge in [-0.2, -0.15) is 5.26 Å². The minimum Gasteiger partial charge on any atom is -0.245 e. The third-order valence-corrected chi connectivity index (χ3v) is 5.16. The SMILES string of the molecule is N#CC1C2C1C1C=CC2n2c(=O)n(-c3ccccc3)c(=O)n21. The molecule has 4 aliphatic rings. The highest BCUT2D eigenvalue weighted by Gasteiger charge is 2.64. The van der Waals surface area contributed by atoms with Gasteiger partial charge in [0.2, 0.25) is 0 Å². The van der Waals surface area contributed by atoms with Crippen molar-refractivity contribution in [2.24, 2.45) is 17.8 Å². The van der Waals surface area contributed by atoms with Gasteiger partial charge in [-0.1, -0.05) is 30.4 Å². The van der Waals surface area contributed by atoms with Gasteiger partial charge in [0, 0.05) is 11.8 Å². The molecule has 2 bridgehead atoms. The Hall–Kier alpha value is -2.81. The molecule has 108 valence electrons. The number of hydrogen-bond acceptors (Lipinski definition) is 3. The van der Waals surface area contributed by atoms with E-state index in [1.54, 1.807) is 33.6 Å². The molecule has 3 heterocycles. The third kappa shape index (κ3) is 1.17. The molecule has 1 fully saturated rings. The second-order valence-electron chi connectivity index (χ2n) is 6.10. The van der Waals surface area contributed by atoms with Crippen molar-refractivity contribution in [3.8, 4) is 11.8 Å². The topological polar surface area (TPSA) is 72.7 Å². The van der Waals surface area contributed by atoms with Crippen LogP contribution in [-0.2, 0) is 0 Å². The normalized spacial score (nSPS) is 33.1. The minimum absolute atomic E-state index is 0.0543. The highest BCUT2D eigenvalue weighted by atomic mass is 16.2. The second kappa shape index (κ2) is 3.69. The molecular weight excluding hydrogens is 280 g/mol. The molecule has 6 heteroatoms. The smallest absolute Gasteiger partial charge is 0.245 e. The summed E-state index contributed by atoms with van der Waals surface area (Å²) in [5.74, 6) is 0.286. The van der Waals surface area contributed by atoms with Crippen molar-refractivity contribution in [3.63, 3.8) is 0 Å².